The zero-order valence-corrected chi connectivity index (χ0v) is 12.2. The highest BCUT2D eigenvalue weighted by atomic mass is 16.5. The highest BCUT2D eigenvalue weighted by Gasteiger charge is 2.30. The van der Waals surface area contributed by atoms with Gasteiger partial charge < -0.3 is 4.74 Å². The molecule has 1 aliphatic rings. The predicted molar refractivity (Wildman–Crippen MR) is 83.8 cm³/mol. The van der Waals surface area contributed by atoms with Crippen LogP contribution in [0.4, 0.5) is 0 Å². The minimum absolute atomic E-state index is 0.0355. The van der Waals surface area contributed by atoms with Crippen molar-refractivity contribution in [2.45, 2.75) is 38.2 Å². The summed E-state index contributed by atoms with van der Waals surface area (Å²) in [6.45, 7) is 8.96. The van der Waals surface area contributed by atoms with Crippen molar-refractivity contribution >= 4 is 17.0 Å². The van der Waals surface area contributed by atoms with Gasteiger partial charge in [0.25, 0.3) is 0 Å². The van der Waals surface area contributed by atoms with Crippen molar-refractivity contribution in [2.24, 2.45) is 0 Å². The standard InChI is InChI=1S/C18H21NO/c1-4-13-5-7-16-14(11-13)6-8-17(19-16)15-9-10-20-18(2,3)12-15/h4-8,11,15H,1,9-10,12H2,2-3H3/t15-/m1/s1. The Kier molecular flexibility index (Phi) is 3.35. The van der Waals surface area contributed by atoms with Crippen LogP contribution >= 0.6 is 0 Å². The third-order valence-electron chi connectivity index (χ3n) is 4.09. The largest absolute Gasteiger partial charge is 0.376 e. The van der Waals surface area contributed by atoms with Crippen LogP contribution < -0.4 is 0 Å². The maximum Gasteiger partial charge on any atom is 0.0705 e. The predicted octanol–water partition coefficient (Wildman–Crippen LogP) is 4.55. The summed E-state index contributed by atoms with van der Waals surface area (Å²) in [5.41, 5.74) is 3.36. The molecule has 2 heterocycles. The molecule has 3 rings (SSSR count). The Hall–Kier alpha value is -1.67. The van der Waals surface area contributed by atoms with E-state index in [0.29, 0.717) is 5.92 Å². The summed E-state index contributed by atoms with van der Waals surface area (Å²) in [6.07, 6.45) is 3.97. The molecular weight excluding hydrogens is 246 g/mol. The first-order valence-corrected chi connectivity index (χ1v) is 7.24. The molecule has 2 nitrogen and oxygen atoms in total. The van der Waals surface area contributed by atoms with E-state index >= 15 is 0 Å². The van der Waals surface area contributed by atoms with Gasteiger partial charge in [0.15, 0.2) is 0 Å². The van der Waals surface area contributed by atoms with Gasteiger partial charge in [-0.2, -0.15) is 0 Å². The van der Waals surface area contributed by atoms with Gasteiger partial charge in [0.1, 0.15) is 0 Å². The summed E-state index contributed by atoms with van der Waals surface area (Å²) in [7, 11) is 0. The van der Waals surface area contributed by atoms with Gasteiger partial charge >= 0.3 is 0 Å². The Morgan fingerprint density at radius 3 is 2.90 bits per heavy atom. The van der Waals surface area contributed by atoms with E-state index in [0.717, 1.165) is 30.5 Å². The number of hydrogen-bond acceptors (Lipinski definition) is 2. The van der Waals surface area contributed by atoms with Crippen molar-refractivity contribution in [3.63, 3.8) is 0 Å². The second-order valence-corrected chi connectivity index (χ2v) is 6.19. The Labute approximate surface area is 120 Å². The highest BCUT2D eigenvalue weighted by Crippen LogP contribution is 2.35. The van der Waals surface area contributed by atoms with E-state index in [4.69, 9.17) is 9.72 Å². The first kappa shape index (κ1) is 13.3. The van der Waals surface area contributed by atoms with Crippen molar-refractivity contribution < 1.29 is 4.74 Å². The number of pyridine rings is 1. The molecule has 1 atom stereocenters. The maximum atomic E-state index is 5.80. The van der Waals surface area contributed by atoms with Crippen molar-refractivity contribution in [3.05, 3.63) is 48.2 Å². The van der Waals surface area contributed by atoms with Gasteiger partial charge in [-0.1, -0.05) is 24.8 Å². The van der Waals surface area contributed by atoms with E-state index in [9.17, 15) is 0 Å². The summed E-state index contributed by atoms with van der Waals surface area (Å²) in [5.74, 6) is 0.502. The Balaban J connectivity index is 1.94. The Bertz CT molecular complexity index is 645. The van der Waals surface area contributed by atoms with E-state index in [2.05, 4.69) is 50.8 Å². The SMILES string of the molecule is C=Cc1ccc2nc([C@@H]3CCOC(C)(C)C3)ccc2c1. The average molecular weight is 267 g/mol. The van der Waals surface area contributed by atoms with Crippen LogP contribution in [0.2, 0.25) is 0 Å². The molecule has 1 aromatic heterocycles. The molecule has 0 spiro atoms. The molecule has 0 bridgehead atoms. The maximum absolute atomic E-state index is 5.80. The fourth-order valence-electron chi connectivity index (χ4n) is 3.00. The Morgan fingerprint density at radius 2 is 2.15 bits per heavy atom. The smallest absolute Gasteiger partial charge is 0.0705 e. The average Bonchev–Trinajstić information content (AvgIpc) is 2.45. The van der Waals surface area contributed by atoms with Crippen LogP contribution in [0.5, 0.6) is 0 Å². The van der Waals surface area contributed by atoms with E-state index < -0.39 is 0 Å². The van der Waals surface area contributed by atoms with E-state index in [1.165, 1.54) is 11.1 Å². The lowest BCUT2D eigenvalue weighted by molar-refractivity contribution is -0.0597. The topological polar surface area (TPSA) is 22.1 Å². The Morgan fingerprint density at radius 1 is 1.30 bits per heavy atom. The quantitative estimate of drug-likeness (QED) is 0.796. The molecule has 1 aromatic carbocycles. The molecule has 20 heavy (non-hydrogen) atoms. The first-order valence-electron chi connectivity index (χ1n) is 7.24. The highest BCUT2D eigenvalue weighted by molar-refractivity contribution is 5.81. The fraction of sp³-hybridized carbons (Fsp3) is 0.389. The van der Waals surface area contributed by atoms with Crippen LogP contribution in [0, 0.1) is 0 Å². The van der Waals surface area contributed by atoms with E-state index in [1.807, 2.05) is 6.08 Å². The number of rotatable bonds is 2. The monoisotopic (exact) mass is 267 g/mol. The third kappa shape index (κ3) is 2.61. The lowest BCUT2D eigenvalue weighted by atomic mass is 9.86. The zero-order chi connectivity index (χ0) is 14.2. The molecule has 0 aliphatic carbocycles. The van der Waals surface area contributed by atoms with Gasteiger partial charge in [0, 0.05) is 23.6 Å². The molecule has 2 aromatic rings. The van der Waals surface area contributed by atoms with Crippen molar-refractivity contribution in [3.8, 4) is 0 Å². The lowest BCUT2D eigenvalue weighted by Crippen LogP contribution is -2.33. The number of hydrogen-bond donors (Lipinski definition) is 0. The zero-order valence-electron chi connectivity index (χ0n) is 12.2. The van der Waals surface area contributed by atoms with Crippen LogP contribution in [0.1, 0.15) is 43.9 Å². The minimum atomic E-state index is -0.0355. The molecule has 1 fully saturated rings. The lowest BCUT2D eigenvalue weighted by Gasteiger charge is -2.35. The van der Waals surface area contributed by atoms with Crippen molar-refractivity contribution in [1.82, 2.24) is 4.98 Å². The summed E-state index contributed by atoms with van der Waals surface area (Å²) in [5, 5.41) is 1.18. The molecule has 104 valence electrons. The van der Waals surface area contributed by atoms with Gasteiger partial charge in [0.05, 0.1) is 11.1 Å². The van der Waals surface area contributed by atoms with Crippen LogP contribution in [0.25, 0.3) is 17.0 Å². The number of ether oxygens (including phenoxy) is 1. The van der Waals surface area contributed by atoms with Crippen LogP contribution in [0.15, 0.2) is 36.9 Å². The minimum Gasteiger partial charge on any atom is -0.376 e. The van der Waals surface area contributed by atoms with Crippen LogP contribution in [0.3, 0.4) is 0 Å². The summed E-state index contributed by atoms with van der Waals surface area (Å²) in [4.78, 5) is 4.85. The molecule has 1 saturated heterocycles. The van der Waals surface area contributed by atoms with Gasteiger partial charge in [-0.05, 0) is 50.5 Å². The van der Waals surface area contributed by atoms with Gasteiger partial charge in [-0.3, -0.25) is 4.98 Å². The van der Waals surface area contributed by atoms with Gasteiger partial charge in [-0.25, -0.2) is 0 Å². The summed E-state index contributed by atoms with van der Waals surface area (Å²) >= 11 is 0. The fourth-order valence-corrected chi connectivity index (χ4v) is 3.00. The first-order chi connectivity index (χ1) is 9.57. The summed E-state index contributed by atoms with van der Waals surface area (Å²) in [6, 6.07) is 10.6. The number of nitrogens with zero attached hydrogens (tertiary/aromatic N) is 1. The van der Waals surface area contributed by atoms with E-state index in [-0.39, 0.29) is 5.60 Å². The van der Waals surface area contributed by atoms with Gasteiger partial charge in [-0.15, -0.1) is 0 Å². The summed E-state index contributed by atoms with van der Waals surface area (Å²) < 4.78 is 5.80. The molecule has 0 radical (unpaired) electrons. The van der Waals surface area contributed by atoms with Crippen LogP contribution in [-0.2, 0) is 4.74 Å². The molecular formula is C18H21NO. The second-order valence-electron chi connectivity index (χ2n) is 6.19. The van der Waals surface area contributed by atoms with E-state index in [1.54, 1.807) is 0 Å². The molecule has 1 aliphatic heterocycles. The third-order valence-corrected chi connectivity index (χ3v) is 4.09. The molecule has 0 saturated carbocycles. The number of benzene rings is 1. The van der Waals surface area contributed by atoms with Gasteiger partial charge in [0.2, 0.25) is 0 Å². The molecule has 0 N–H and O–H groups in total. The molecule has 2 heteroatoms. The number of fused-ring (bicyclic) bond motifs is 1. The molecule has 0 amide bonds. The number of aromatic nitrogens is 1. The second kappa shape index (κ2) is 5.02. The van der Waals surface area contributed by atoms with Crippen LogP contribution in [-0.4, -0.2) is 17.2 Å². The van der Waals surface area contributed by atoms with Crippen molar-refractivity contribution in [2.75, 3.05) is 6.61 Å². The van der Waals surface area contributed by atoms with Crippen molar-refractivity contribution in [1.29, 1.82) is 0 Å². The molecule has 0 unspecified atom stereocenters. The normalized spacial score (nSPS) is 21.8.